The molecule has 1 aromatic rings. The van der Waals surface area contributed by atoms with Crippen molar-refractivity contribution in [2.75, 3.05) is 6.54 Å². The zero-order chi connectivity index (χ0) is 15.6. The molecule has 21 heavy (non-hydrogen) atoms. The number of carbonyl (C=O) groups is 2. The average Bonchev–Trinajstić information content (AvgIpc) is 2.69. The van der Waals surface area contributed by atoms with Gasteiger partial charge >= 0.3 is 0 Å². The van der Waals surface area contributed by atoms with Crippen LogP contribution in [0, 0.1) is 0 Å². The molecular formula is C14H13Br2NO3S. The van der Waals surface area contributed by atoms with Gasteiger partial charge in [0.25, 0.3) is 11.1 Å². The summed E-state index contributed by atoms with van der Waals surface area (Å²) in [5.41, 5.74) is 0.729. The monoisotopic (exact) mass is 433 g/mol. The summed E-state index contributed by atoms with van der Waals surface area (Å²) in [5, 5.41) is 9.45. The maximum atomic E-state index is 12.2. The van der Waals surface area contributed by atoms with Gasteiger partial charge in [0.05, 0.1) is 13.9 Å². The molecule has 112 valence electrons. The number of phenols is 1. The number of hydrogen-bond donors (Lipinski definition) is 1. The summed E-state index contributed by atoms with van der Waals surface area (Å²) in [6, 6.07) is 3.39. The average molecular weight is 435 g/mol. The van der Waals surface area contributed by atoms with E-state index in [1.54, 1.807) is 18.2 Å². The highest BCUT2D eigenvalue weighted by Crippen LogP contribution is 2.36. The molecule has 1 heterocycles. The van der Waals surface area contributed by atoms with Crippen molar-refractivity contribution in [1.82, 2.24) is 4.90 Å². The van der Waals surface area contributed by atoms with Gasteiger partial charge in [0.15, 0.2) is 0 Å². The number of rotatable bonds is 4. The molecule has 0 saturated carbocycles. The van der Waals surface area contributed by atoms with Gasteiger partial charge in [-0.15, -0.1) is 0 Å². The van der Waals surface area contributed by atoms with E-state index in [9.17, 15) is 14.7 Å². The number of imide groups is 1. The van der Waals surface area contributed by atoms with Crippen molar-refractivity contribution >= 4 is 60.8 Å². The Morgan fingerprint density at radius 1 is 1.29 bits per heavy atom. The van der Waals surface area contributed by atoms with Crippen molar-refractivity contribution in [3.8, 4) is 5.75 Å². The van der Waals surface area contributed by atoms with E-state index in [1.807, 2.05) is 6.92 Å². The molecule has 1 saturated heterocycles. The first kappa shape index (κ1) is 16.6. The predicted octanol–water partition coefficient (Wildman–Crippen LogP) is 4.75. The molecule has 0 bridgehead atoms. The highest BCUT2D eigenvalue weighted by Gasteiger charge is 2.34. The molecule has 0 spiro atoms. The minimum Gasteiger partial charge on any atom is -0.506 e. The van der Waals surface area contributed by atoms with Crippen LogP contribution in [0.4, 0.5) is 4.79 Å². The molecule has 1 aliphatic heterocycles. The maximum absolute atomic E-state index is 12.2. The summed E-state index contributed by atoms with van der Waals surface area (Å²) in [7, 11) is 0. The van der Waals surface area contributed by atoms with Crippen molar-refractivity contribution < 1.29 is 14.7 Å². The molecule has 1 N–H and O–H groups in total. The van der Waals surface area contributed by atoms with E-state index >= 15 is 0 Å². The van der Waals surface area contributed by atoms with Crippen LogP contribution in [0.25, 0.3) is 6.08 Å². The van der Waals surface area contributed by atoms with E-state index in [-0.39, 0.29) is 16.9 Å². The molecular weight excluding hydrogens is 422 g/mol. The quantitative estimate of drug-likeness (QED) is 0.694. The topological polar surface area (TPSA) is 57.6 Å². The van der Waals surface area contributed by atoms with Crippen molar-refractivity contribution in [3.05, 3.63) is 31.5 Å². The number of carbonyl (C=O) groups excluding carboxylic acids is 2. The first-order valence-electron chi connectivity index (χ1n) is 6.37. The van der Waals surface area contributed by atoms with Gasteiger partial charge in [-0.3, -0.25) is 14.5 Å². The number of hydrogen-bond acceptors (Lipinski definition) is 4. The van der Waals surface area contributed by atoms with Gasteiger partial charge < -0.3 is 5.11 Å². The Morgan fingerprint density at radius 2 is 1.90 bits per heavy atom. The summed E-state index contributed by atoms with van der Waals surface area (Å²) in [6.45, 7) is 2.47. The number of thioether (sulfide) groups is 1. The molecule has 7 heteroatoms. The SMILES string of the molecule is CCCCN1C(=O)S/C(=C\c2cc(Br)c(O)c(Br)c2)C1=O. The number of aromatic hydroxyl groups is 1. The van der Waals surface area contributed by atoms with Crippen LogP contribution < -0.4 is 0 Å². The van der Waals surface area contributed by atoms with Crippen molar-refractivity contribution in [3.63, 3.8) is 0 Å². The van der Waals surface area contributed by atoms with Crippen LogP contribution >= 0.6 is 43.6 Å². The van der Waals surface area contributed by atoms with Crippen LogP contribution in [0.2, 0.25) is 0 Å². The molecule has 2 rings (SSSR count). The van der Waals surface area contributed by atoms with E-state index in [0.717, 1.165) is 30.2 Å². The fraction of sp³-hybridized carbons (Fsp3) is 0.286. The molecule has 0 aliphatic carbocycles. The second kappa shape index (κ2) is 6.98. The third-order valence-corrected chi connectivity index (χ3v) is 5.06. The fourth-order valence-electron chi connectivity index (χ4n) is 1.83. The summed E-state index contributed by atoms with van der Waals surface area (Å²) < 4.78 is 1.04. The van der Waals surface area contributed by atoms with Crippen molar-refractivity contribution in [1.29, 1.82) is 0 Å². The Morgan fingerprint density at radius 3 is 2.48 bits per heavy atom. The molecule has 1 fully saturated rings. The van der Waals surface area contributed by atoms with Crippen molar-refractivity contribution in [2.45, 2.75) is 19.8 Å². The third-order valence-electron chi connectivity index (χ3n) is 2.95. The summed E-state index contributed by atoms with van der Waals surface area (Å²) in [6.07, 6.45) is 3.39. The highest BCUT2D eigenvalue weighted by molar-refractivity contribution is 9.11. The second-order valence-corrected chi connectivity index (χ2v) is 7.22. The molecule has 0 aromatic heterocycles. The van der Waals surface area contributed by atoms with Crippen LogP contribution in [0.3, 0.4) is 0 Å². The van der Waals surface area contributed by atoms with Gasteiger partial charge in [0.1, 0.15) is 5.75 Å². The van der Waals surface area contributed by atoms with Crippen LogP contribution in [0.5, 0.6) is 5.75 Å². The van der Waals surface area contributed by atoms with Gasteiger partial charge in [-0.2, -0.15) is 0 Å². The Bertz CT molecular complexity index is 608. The van der Waals surface area contributed by atoms with Gasteiger partial charge in [0.2, 0.25) is 0 Å². The second-order valence-electron chi connectivity index (χ2n) is 4.52. The molecule has 0 atom stereocenters. The Labute approximate surface area is 143 Å². The Balaban J connectivity index is 2.26. The molecule has 4 nitrogen and oxygen atoms in total. The molecule has 1 aliphatic rings. The number of phenolic OH excluding ortho intramolecular Hbond substituents is 1. The minimum atomic E-state index is -0.251. The lowest BCUT2D eigenvalue weighted by atomic mass is 10.2. The number of unbranched alkanes of at least 4 members (excludes halogenated alkanes) is 1. The summed E-state index contributed by atoms with van der Waals surface area (Å²) >= 11 is 7.43. The van der Waals surface area contributed by atoms with E-state index in [4.69, 9.17) is 0 Å². The zero-order valence-corrected chi connectivity index (χ0v) is 15.2. The van der Waals surface area contributed by atoms with E-state index in [2.05, 4.69) is 31.9 Å². The van der Waals surface area contributed by atoms with Gasteiger partial charge in [-0.25, -0.2) is 0 Å². The smallest absolute Gasteiger partial charge is 0.293 e. The lowest BCUT2D eigenvalue weighted by molar-refractivity contribution is -0.122. The Kier molecular flexibility index (Phi) is 5.51. The largest absolute Gasteiger partial charge is 0.506 e. The summed E-state index contributed by atoms with van der Waals surface area (Å²) in [4.78, 5) is 25.7. The van der Waals surface area contributed by atoms with Crippen LogP contribution in [-0.2, 0) is 4.79 Å². The number of benzene rings is 1. The van der Waals surface area contributed by atoms with Crippen LogP contribution in [-0.4, -0.2) is 27.7 Å². The van der Waals surface area contributed by atoms with Crippen LogP contribution in [0.15, 0.2) is 26.0 Å². The molecule has 2 amide bonds. The van der Waals surface area contributed by atoms with E-state index in [1.165, 1.54) is 4.90 Å². The van der Waals surface area contributed by atoms with E-state index < -0.39 is 0 Å². The predicted molar refractivity (Wildman–Crippen MR) is 91.1 cm³/mol. The van der Waals surface area contributed by atoms with Gasteiger partial charge in [-0.1, -0.05) is 13.3 Å². The Hall–Kier alpha value is -0.790. The van der Waals surface area contributed by atoms with Gasteiger partial charge in [-0.05, 0) is 73.8 Å². The summed E-state index contributed by atoms with van der Waals surface area (Å²) in [5.74, 6) is -0.151. The van der Waals surface area contributed by atoms with Crippen molar-refractivity contribution in [2.24, 2.45) is 0 Å². The lowest BCUT2D eigenvalue weighted by Crippen LogP contribution is -2.29. The fourth-order valence-corrected chi connectivity index (χ4v) is 3.92. The lowest BCUT2D eigenvalue weighted by Gasteiger charge is -2.10. The molecule has 0 unspecified atom stereocenters. The standard InChI is InChI=1S/C14H13Br2NO3S/c1-2-3-4-17-13(19)11(21-14(17)20)7-8-5-9(15)12(18)10(16)6-8/h5-7,18H,2-4H2,1H3/b11-7-. The number of nitrogens with zero attached hydrogens (tertiary/aromatic N) is 1. The first-order valence-corrected chi connectivity index (χ1v) is 8.77. The normalized spacial score (nSPS) is 17.1. The maximum Gasteiger partial charge on any atom is 0.293 e. The minimum absolute atomic E-state index is 0.100. The van der Waals surface area contributed by atoms with E-state index in [0.29, 0.717) is 20.4 Å². The number of halogens is 2. The van der Waals surface area contributed by atoms with Gasteiger partial charge in [0, 0.05) is 6.54 Å². The molecule has 1 aromatic carbocycles. The first-order chi connectivity index (χ1) is 9.93. The third kappa shape index (κ3) is 3.70. The zero-order valence-electron chi connectivity index (χ0n) is 11.2. The van der Waals surface area contributed by atoms with Crippen LogP contribution in [0.1, 0.15) is 25.3 Å². The number of amides is 2. The highest BCUT2D eigenvalue weighted by atomic mass is 79.9. The molecule has 0 radical (unpaired) electrons.